The molecule has 1 aromatic rings. The summed E-state index contributed by atoms with van der Waals surface area (Å²) >= 11 is 5.71. The number of ketones is 1. The van der Waals surface area contributed by atoms with Crippen molar-refractivity contribution in [3.8, 4) is 5.75 Å². The van der Waals surface area contributed by atoms with Gasteiger partial charge in [-0.15, -0.1) is 13.2 Å². The van der Waals surface area contributed by atoms with E-state index in [2.05, 4.69) is 11.3 Å². The van der Waals surface area contributed by atoms with Gasteiger partial charge in [-0.3, -0.25) is 4.79 Å². The van der Waals surface area contributed by atoms with Crippen LogP contribution in [0, 0.1) is 0 Å². The fourth-order valence-electron chi connectivity index (χ4n) is 1.11. The van der Waals surface area contributed by atoms with E-state index in [4.69, 9.17) is 11.6 Å². The molecule has 17 heavy (non-hydrogen) atoms. The fourth-order valence-corrected chi connectivity index (χ4v) is 1.31. The second-order valence-corrected chi connectivity index (χ2v) is 3.71. The zero-order valence-electron chi connectivity index (χ0n) is 8.77. The van der Waals surface area contributed by atoms with Crippen LogP contribution in [0.25, 0.3) is 0 Å². The molecule has 1 rings (SSSR count). The van der Waals surface area contributed by atoms with Gasteiger partial charge >= 0.3 is 6.36 Å². The van der Waals surface area contributed by atoms with Crippen LogP contribution in [0.3, 0.4) is 0 Å². The number of alkyl halides is 3. The molecule has 0 aliphatic carbocycles. The van der Waals surface area contributed by atoms with Crippen LogP contribution >= 0.6 is 11.6 Å². The minimum atomic E-state index is -4.81. The minimum absolute atomic E-state index is 0.0486. The Morgan fingerprint density at radius 1 is 1.41 bits per heavy atom. The first kappa shape index (κ1) is 13.6. The van der Waals surface area contributed by atoms with Crippen molar-refractivity contribution in [1.29, 1.82) is 0 Å². The third kappa shape index (κ3) is 3.78. The van der Waals surface area contributed by atoms with Gasteiger partial charge < -0.3 is 4.74 Å². The maximum absolute atomic E-state index is 12.0. The quantitative estimate of drug-likeness (QED) is 0.609. The Bertz CT molecular complexity index is 466. The largest absolute Gasteiger partial charge is 0.573 e. The number of carbonyl (C=O) groups excluding carboxylic acids is 1. The molecule has 0 saturated heterocycles. The Morgan fingerprint density at radius 2 is 2.00 bits per heavy atom. The molecule has 0 unspecified atom stereocenters. The van der Waals surface area contributed by atoms with Crippen LogP contribution in [-0.4, -0.2) is 12.1 Å². The minimum Gasteiger partial charge on any atom is -0.406 e. The smallest absolute Gasteiger partial charge is 0.406 e. The summed E-state index contributed by atoms with van der Waals surface area (Å²) in [7, 11) is 0. The first-order valence-electron chi connectivity index (χ1n) is 4.46. The highest BCUT2D eigenvalue weighted by molar-refractivity contribution is 6.34. The molecule has 0 amide bonds. The highest BCUT2D eigenvalue weighted by Crippen LogP contribution is 2.28. The van der Waals surface area contributed by atoms with Gasteiger partial charge in [-0.25, -0.2) is 0 Å². The summed E-state index contributed by atoms with van der Waals surface area (Å²) in [6, 6.07) is 3.14. The first-order valence-corrected chi connectivity index (χ1v) is 4.84. The highest BCUT2D eigenvalue weighted by Gasteiger charge is 2.31. The Labute approximate surface area is 101 Å². The van der Waals surface area contributed by atoms with Gasteiger partial charge in [0.2, 0.25) is 0 Å². The van der Waals surface area contributed by atoms with E-state index in [1.165, 1.54) is 13.0 Å². The van der Waals surface area contributed by atoms with E-state index in [9.17, 15) is 18.0 Å². The number of carbonyl (C=O) groups is 1. The Kier molecular flexibility index (Phi) is 3.83. The monoisotopic (exact) mass is 264 g/mol. The van der Waals surface area contributed by atoms with Gasteiger partial charge in [-0.05, 0) is 30.7 Å². The van der Waals surface area contributed by atoms with E-state index >= 15 is 0 Å². The predicted octanol–water partition coefficient (Wildman–Crippen LogP) is 4.00. The number of ether oxygens (including phenoxy) is 1. The van der Waals surface area contributed by atoms with Crippen molar-refractivity contribution in [3.05, 3.63) is 40.9 Å². The first-order chi connectivity index (χ1) is 7.70. The fraction of sp³-hybridized carbons (Fsp3) is 0.182. The molecule has 0 bridgehead atoms. The topological polar surface area (TPSA) is 26.3 Å². The van der Waals surface area contributed by atoms with Crippen LogP contribution < -0.4 is 4.74 Å². The normalized spacial score (nSPS) is 11.1. The molecule has 92 valence electrons. The van der Waals surface area contributed by atoms with Crippen molar-refractivity contribution in [2.75, 3.05) is 0 Å². The highest BCUT2D eigenvalue weighted by atomic mass is 35.5. The molecule has 0 atom stereocenters. The molecule has 0 aliphatic heterocycles. The molecule has 0 aromatic heterocycles. The summed E-state index contributed by atoms with van der Waals surface area (Å²) < 4.78 is 39.6. The van der Waals surface area contributed by atoms with Crippen molar-refractivity contribution < 1.29 is 22.7 Å². The molecule has 0 N–H and O–H groups in total. The SMILES string of the molecule is C=C(C)C(=O)c1cc(OC(F)(F)F)ccc1Cl. The molecule has 0 radical (unpaired) electrons. The number of benzene rings is 1. The Morgan fingerprint density at radius 3 is 2.47 bits per heavy atom. The van der Waals surface area contributed by atoms with E-state index in [-0.39, 0.29) is 16.2 Å². The van der Waals surface area contributed by atoms with Crippen LogP contribution in [0.2, 0.25) is 5.02 Å². The van der Waals surface area contributed by atoms with Crippen LogP contribution in [-0.2, 0) is 0 Å². The molecule has 0 fully saturated rings. The van der Waals surface area contributed by atoms with Gasteiger partial charge in [-0.1, -0.05) is 18.2 Å². The maximum atomic E-state index is 12.0. The number of Topliss-reactive ketones (excluding diaryl/α,β-unsaturated/α-hetero) is 1. The summed E-state index contributed by atoms with van der Waals surface area (Å²) in [4.78, 5) is 11.6. The third-order valence-corrected chi connectivity index (χ3v) is 2.13. The lowest BCUT2D eigenvalue weighted by molar-refractivity contribution is -0.274. The lowest BCUT2D eigenvalue weighted by atomic mass is 10.1. The molecule has 2 nitrogen and oxygen atoms in total. The molecule has 1 aromatic carbocycles. The molecule has 6 heteroatoms. The number of hydrogen-bond donors (Lipinski definition) is 0. The number of halogens is 4. The van der Waals surface area contributed by atoms with E-state index in [1.807, 2.05) is 0 Å². The van der Waals surface area contributed by atoms with Gasteiger partial charge in [0.1, 0.15) is 5.75 Å². The summed E-state index contributed by atoms with van der Waals surface area (Å²) in [5.41, 5.74) is 0.108. The lowest BCUT2D eigenvalue weighted by Gasteiger charge is -2.10. The zero-order chi connectivity index (χ0) is 13.2. The molecular weight excluding hydrogens is 257 g/mol. The van der Waals surface area contributed by atoms with E-state index in [1.54, 1.807) is 0 Å². The number of allylic oxidation sites excluding steroid dienone is 1. The second kappa shape index (κ2) is 4.79. The van der Waals surface area contributed by atoms with Crippen molar-refractivity contribution in [2.45, 2.75) is 13.3 Å². The molecule has 0 aliphatic rings. The Balaban J connectivity index is 3.11. The van der Waals surface area contributed by atoms with Crippen LogP contribution in [0.15, 0.2) is 30.4 Å². The van der Waals surface area contributed by atoms with Gasteiger partial charge in [0.05, 0.1) is 5.02 Å². The van der Waals surface area contributed by atoms with Crippen LogP contribution in [0.5, 0.6) is 5.75 Å². The van der Waals surface area contributed by atoms with Gasteiger partial charge in [0, 0.05) is 5.56 Å². The summed E-state index contributed by atoms with van der Waals surface area (Å²) in [6.45, 7) is 4.85. The molecule has 0 spiro atoms. The predicted molar refractivity (Wildman–Crippen MR) is 57.3 cm³/mol. The van der Waals surface area contributed by atoms with E-state index in [0.717, 1.165) is 12.1 Å². The van der Waals surface area contributed by atoms with Crippen molar-refractivity contribution in [3.63, 3.8) is 0 Å². The summed E-state index contributed by atoms with van der Waals surface area (Å²) in [6.07, 6.45) is -4.81. The average Bonchev–Trinajstić information content (AvgIpc) is 2.17. The van der Waals surface area contributed by atoms with Gasteiger partial charge in [0.15, 0.2) is 5.78 Å². The lowest BCUT2D eigenvalue weighted by Crippen LogP contribution is -2.17. The average molecular weight is 265 g/mol. The van der Waals surface area contributed by atoms with Crippen LogP contribution in [0.4, 0.5) is 13.2 Å². The zero-order valence-corrected chi connectivity index (χ0v) is 9.52. The van der Waals surface area contributed by atoms with Crippen molar-refractivity contribution in [2.24, 2.45) is 0 Å². The van der Waals surface area contributed by atoms with Crippen LogP contribution in [0.1, 0.15) is 17.3 Å². The van der Waals surface area contributed by atoms with Crippen molar-refractivity contribution in [1.82, 2.24) is 0 Å². The van der Waals surface area contributed by atoms with Crippen molar-refractivity contribution >= 4 is 17.4 Å². The number of hydrogen-bond acceptors (Lipinski definition) is 2. The maximum Gasteiger partial charge on any atom is 0.573 e. The number of rotatable bonds is 3. The molecule has 0 heterocycles. The summed E-state index contributed by atoms with van der Waals surface area (Å²) in [5.74, 6) is -1.02. The Hall–Kier alpha value is -1.49. The molecular formula is C11H8ClF3O2. The van der Waals surface area contributed by atoms with E-state index < -0.39 is 17.9 Å². The standard InChI is InChI=1S/C11H8ClF3O2/c1-6(2)10(16)8-5-7(3-4-9(8)12)17-11(13,14)15/h3-5H,1H2,2H3. The van der Waals surface area contributed by atoms with E-state index in [0.29, 0.717) is 0 Å². The second-order valence-electron chi connectivity index (χ2n) is 3.30. The molecule has 0 saturated carbocycles. The van der Waals surface area contributed by atoms with Gasteiger partial charge in [0.25, 0.3) is 0 Å². The summed E-state index contributed by atoms with van der Waals surface area (Å²) in [5, 5.41) is 0.0486. The third-order valence-electron chi connectivity index (χ3n) is 1.80. The van der Waals surface area contributed by atoms with Gasteiger partial charge in [-0.2, -0.15) is 0 Å².